The van der Waals surface area contributed by atoms with E-state index in [0.717, 1.165) is 8.04 Å². The lowest BCUT2D eigenvalue weighted by Gasteiger charge is -2.09. The number of nitriles is 1. The van der Waals surface area contributed by atoms with Crippen molar-refractivity contribution >= 4 is 44.3 Å². The van der Waals surface area contributed by atoms with Crippen LogP contribution in [0, 0.1) is 14.9 Å². The minimum absolute atomic E-state index is 0.230. The number of halogens is 2. The van der Waals surface area contributed by atoms with Crippen molar-refractivity contribution in [1.82, 2.24) is 4.98 Å². The molecule has 1 aromatic carbocycles. The number of hydrogen-bond donors (Lipinski definition) is 0. The third kappa shape index (κ3) is 3.19. The maximum absolute atomic E-state index is 12.5. The number of pyridine rings is 1. The van der Waals surface area contributed by atoms with Crippen LogP contribution < -0.4 is 0 Å². The zero-order valence-corrected chi connectivity index (χ0v) is 13.4. The van der Waals surface area contributed by atoms with Gasteiger partial charge >= 0.3 is 0 Å². The first-order valence-electron chi connectivity index (χ1n) is 5.43. The molecule has 2 rings (SSSR count). The molecule has 1 unspecified atom stereocenters. The van der Waals surface area contributed by atoms with Gasteiger partial charge in [-0.25, -0.2) is 0 Å². The summed E-state index contributed by atoms with van der Waals surface area (Å²) in [5.74, 6) is -1.10. The first-order chi connectivity index (χ1) is 9.13. The molecule has 19 heavy (non-hydrogen) atoms. The average Bonchev–Trinajstić information content (AvgIpc) is 2.43. The SMILES string of the molecule is N#CC(C(=O)c1cc(Br)ccc1I)c1ccccn1. The van der Waals surface area contributed by atoms with Crippen molar-refractivity contribution in [2.24, 2.45) is 0 Å². The summed E-state index contributed by atoms with van der Waals surface area (Å²) in [6, 6.07) is 12.7. The summed E-state index contributed by atoms with van der Waals surface area (Å²) < 4.78 is 1.64. The largest absolute Gasteiger partial charge is 0.292 e. The molecule has 0 fully saturated rings. The van der Waals surface area contributed by atoms with Crippen LogP contribution in [0.5, 0.6) is 0 Å². The number of Topliss-reactive ketones (excluding diaryl/α,β-unsaturated/α-hetero) is 1. The molecule has 0 spiro atoms. The van der Waals surface area contributed by atoms with Gasteiger partial charge in [-0.05, 0) is 52.9 Å². The van der Waals surface area contributed by atoms with Gasteiger partial charge in [-0.3, -0.25) is 9.78 Å². The molecule has 1 aromatic heterocycles. The van der Waals surface area contributed by atoms with Crippen molar-refractivity contribution in [3.05, 3.63) is 61.9 Å². The maximum atomic E-state index is 12.5. The van der Waals surface area contributed by atoms with E-state index in [0.29, 0.717) is 11.3 Å². The van der Waals surface area contributed by atoms with E-state index in [9.17, 15) is 10.1 Å². The lowest BCUT2D eigenvalue weighted by atomic mass is 9.95. The first-order valence-corrected chi connectivity index (χ1v) is 7.30. The Labute approximate surface area is 132 Å². The molecule has 0 saturated carbocycles. The molecule has 0 aliphatic rings. The van der Waals surface area contributed by atoms with Crippen LogP contribution in [0.25, 0.3) is 0 Å². The van der Waals surface area contributed by atoms with Crippen LogP contribution in [-0.2, 0) is 0 Å². The van der Waals surface area contributed by atoms with Crippen molar-refractivity contribution in [1.29, 1.82) is 5.26 Å². The Morgan fingerprint density at radius 2 is 2.16 bits per heavy atom. The van der Waals surface area contributed by atoms with Crippen molar-refractivity contribution in [3.63, 3.8) is 0 Å². The van der Waals surface area contributed by atoms with Gasteiger partial charge in [0.15, 0.2) is 11.7 Å². The molecular formula is C14H8BrIN2O. The third-order valence-electron chi connectivity index (χ3n) is 2.57. The van der Waals surface area contributed by atoms with Gasteiger partial charge in [-0.1, -0.05) is 22.0 Å². The highest BCUT2D eigenvalue weighted by Gasteiger charge is 2.24. The van der Waals surface area contributed by atoms with Crippen LogP contribution in [0.1, 0.15) is 22.0 Å². The second kappa shape index (κ2) is 6.26. The smallest absolute Gasteiger partial charge is 0.187 e. The zero-order chi connectivity index (χ0) is 13.8. The Morgan fingerprint density at radius 1 is 1.37 bits per heavy atom. The first kappa shape index (κ1) is 14.2. The number of hydrogen-bond acceptors (Lipinski definition) is 3. The van der Waals surface area contributed by atoms with E-state index < -0.39 is 5.92 Å². The lowest BCUT2D eigenvalue weighted by Crippen LogP contribution is -2.14. The monoisotopic (exact) mass is 426 g/mol. The highest BCUT2D eigenvalue weighted by molar-refractivity contribution is 14.1. The molecule has 0 radical (unpaired) electrons. The van der Waals surface area contributed by atoms with Gasteiger partial charge in [0.2, 0.25) is 0 Å². The molecule has 3 nitrogen and oxygen atoms in total. The molecule has 94 valence electrons. The van der Waals surface area contributed by atoms with Crippen LogP contribution in [0.3, 0.4) is 0 Å². The van der Waals surface area contributed by atoms with E-state index in [4.69, 9.17) is 0 Å². The predicted molar refractivity (Wildman–Crippen MR) is 83.8 cm³/mol. The maximum Gasteiger partial charge on any atom is 0.187 e. The number of benzene rings is 1. The standard InChI is InChI=1S/C14H8BrIN2O/c15-9-4-5-12(16)10(7-9)14(19)11(8-17)13-3-1-2-6-18-13/h1-7,11H. The van der Waals surface area contributed by atoms with Crippen molar-refractivity contribution in [3.8, 4) is 6.07 Å². The van der Waals surface area contributed by atoms with E-state index in [1.54, 1.807) is 30.5 Å². The fraction of sp³-hybridized carbons (Fsp3) is 0.0714. The normalized spacial score (nSPS) is 11.6. The van der Waals surface area contributed by atoms with E-state index in [1.165, 1.54) is 0 Å². The number of nitrogens with zero attached hydrogens (tertiary/aromatic N) is 2. The fourth-order valence-corrected chi connectivity index (χ4v) is 2.61. The van der Waals surface area contributed by atoms with Gasteiger partial charge in [-0.15, -0.1) is 0 Å². The van der Waals surface area contributed by atoms with Crippen LogP contribution in [0.4, 0.5) is 0 Å². The number of rotatable bonds is 3. The molecule has 1 atom stereocenters. The minimum Gasteiger partial charge on any atom is -0.292 e. The predicted octanol–water partition coefficient (Wildman–Crippen LogP) is 3.94. The van der Waals surface area contributed by atoms with E-state index in [2.05, 4.69) is 43.5 Å². The lowest BCUT2D eigenvalue weighted by molar-refractivity contribution is 0.0976. The van der Waals surface area contributed by atoms with E-state index >= 15 is 0 Å². The van der Waals surface area contributed by atoms with Crippen molar-refractivity contribution in [2.75, 3.05) is 0 Å². The molecule has 5 heteroatoms. The molecule has 0 aliphatic carbocycles. The van der Waals surface area contributed by atoms with Gasteiger partial charge < -0.3 is 0 Å². The Bertz CT molecular complexity index is 652. The summed E-state index contributed by atoms with van der Waals surface area (Å²) in [5.41, 5.74) is 1.01. The number of aromatic nitrogens is 1. The van der Waals surface area contributed by atoms with Crippen molar-refractivity contribution < 1.29 is 4.79 Å². The van der Waals surface area contributed by atoms with Gasteiger partial charge in [0.05, 0.1) is 11.8 Å². The topological polar surface area (TPSA) is 53.8 Å². The zero-order valence-electron chi connectivity index (χ0n) is 9.68. The Morgan fingerprint density at radius 3 is 2.79 bits per heavy atom. The summed E-state index contributed by atoms with van der Waals surface area (Å²) in [7, 11) is 0. The summed E-state index contributed by atoms with van der Waals surface area (Å²) in [6.07, 6.45) is 1.58. The number of carbonyl (C=O) groups is 1. The second-order valence-corrected chi connectivity index (χ2v) is 5.88. The molecule has 0 bridgehead atoms. The van der Waals surface area contributed by atoms with Crippen LogP contribution >= 0.6 is 38.5 Å². The molecule has 0 aliphatic heterocycles. The highest BCUT2D eigenvalue weighted by atomic mass is 127. The van der Waals surface area contributed by atoms with E-state index in [1.807, 2.05) is 18.2 Å². The summed E-state index contributed by atoms with van der Waals surface area (Å²) >= 11 is 5.43. The summed E-state index contributed by atoms with van der Waals surface area (Å²) in [4.78, 5) is 16.6. The van der Waals surface area contributed by atoms with Gasteiger partial charge in [-0.2, -0.15) is 5.26 Å². The van der Waals surface area contributed by atoms with Crippen LogP contribution in [-0.4, -0.2) is 10.8 Å². The quantitative estimate of drug-likeness (QED) is 0.551. The van der Waals surface area contributed by atoms with Gasteiger partial charge in [0.25, 0.3) is 0 Å². The average molecular weight is 427 g/mol. The summed E-state index contributed by atoms with van der Waals surface area (Å²) in [6.45, 7) is 0. The number of carbonyl (C=O) groups excluding carboxylic acids is 1. The van der Waals surface area contributed by atoms with Crippen LogP contribution in [0.15, 0.2) is 47.1 Å². The van der Waals surface area contributed by atoms with E-state index in [-0.39, 0.29) is 5.78 Å². The highest BCUT2D eigenvalue weighted by Crippen LogP contribution is 2.24. The molecule has 2 aromatic rings. The van der Waals surface area contributed by atoms with Crippen LogP contribution in [0.2, 0.25) is 0 Å². The molecular weight excluding hydrogens is 419 g/mol. The Hall–Kier alpha value is -1.26. The molecule has 1 heterocycles. The Balaban J connectivity index is 2.43. The second-order valence-electron chi connectivity index (χ2n) is 3.81. The molecule has 0 amide bonds. The molecule has 0 saturated heterocycles. The summed E-state index contributed by atoms with van der Waals surface area (Å²) in [5, 5.41) is 9.25. The van der Waals surface area contributed by atoms with Gasteiger partial charge in [0.1, 0.15) is 0 Å². The molecule has 0 N–H and O–H groups in total. The third-order valence-corrected chi connectivity index (χ3v) is 4.00. The Kier molecular flexibility index (Phi) is 4.66. The van der Waals surface area contributed by atoms with Crippen molar-refractivity contribution in [2.45, 2.75) is 5.92 Å². The van der Waals surface area contributed by atoms with Gasteiger partial charge in [0, 0.05) is 19.8 Å². The minimum atomic E-state index is -0.871. The fourth-order valence-electron chi connectivity index (χ4n) is 1.65. The number of ketones is 1.